The zero-order valence-corrected chi connectivity index (χ0v) is 31.8. The number of hydrogen-bond acceptors (Lipinski definition) is 7. The predicted molar refractivity (Wildman–Crippen MR) is 194 cm³/mol. The Balaban J connectivity index is 1.28. The van der Waals surface area contributed by atoms with E-state index in [9.17, 15) is 23.3 Å². The molecule has 2 bridgehead atoms. The molecule has 50 heavy (non-hydrogen) atoms. The lowest BCUT2D eigenvalue weighted by atomic mass is 9.69. The number of fused-ring (bicyclic) bond motifs is 3. The summed E-state index contributed by atoms with van der Waals surface area (Å²) in [6, 6.07) is 9.71. The molecule has 4 aliphatic carbocycles. The first-order valence-electron chi connectivity index (χ1n) is 19.0. The van der Waals surface area contributed by atoms with Gasteiger partial charge in [0, 0.05) is 35.5 Å². The minimum atomic E-state index is -3.69. The van der Waals surface area contributed by atoms with Gasteiger partial charge in [0.2, 0.25) is 10.0 Å². The number of sulfonamides is 1. The molecule has 4 fully saturated rings. The Hall–Kier alpha value is -2.90. The highest BCUT2D eigenvalue weighted by Crippen LogP contribution is 2.67. The fourth-order valence-electron chi connectivity index (χ4n) is 9.98. The summed E-state index contributed by atoms with van der Waals surface area (Å²) >= 11 is 0. The van der Waals surface area contributed by atoms with E-state index < -0.39 is 44.6 Å². The third-order valence-corrected chi connectivity index (χ3v) is 15.0. The Labute approximate surface area is 299 Å². The van der Waals surface area contributed by atoms with Gasteiger partial charge < -0.3 is 9.47 Å². The summed E-state index contributed by atoms with van der Waals surface area (Å²) < 4.78 is 45.1. The van der Waals surface area contributed by atoms with Gasteiger partial charge in [-0.3, -0.25) is 9.36 Å². The molecule has 9 nitrogen and oxygen atoms in total. The van der Waals surface area contributed by atoms with Gasteiger partial charge in [0.1, 0.15) is 11.7 Å². The van der Waals surface area contributed by atoms with Gasteiger partial charge in [-0.15, -0.1) is 0 Å². The number of esters is 1. The summed E-state index contributed by atoms with van der Waals surface area (Å²) in [5, 5.41) is 11.3. The van der Waals surface area contributed by atoms with E-state index in [2.05, 4.69) is 19.9 Å². The predicted octanol–water partition coefficient (Wildman–Crippen LogP) is 8.53. The molecule has 1 aromatic heterocycles. The average molecular weight is 708 g/mol. The van der Waals surface area contributed by atoms with E-state index in [0.29, 0.717) is 23.9 Å². The minimum Gasteiger partial charge on any atom is -0.461 e. The third-order valence-electron chi connectivity index (χ3n) is 12.9. The van der Waals surface area contributed by atoms with Crippen LogP contribution in [0.3, 0.4) is 0 Å². The van der Waals surface area contributed by atoms with Gasteiger partial charge in [0.25, 0.3) is 0 Å². The van der Waals surface area contributed by atoms with Crippen LogP contribution < -0.4 is 0 Å². The Bertz CT molecular complexity index is 1720. The van der Waals surface area contributed by atoms with E-state index >= 15 is 0 Å². The Morgan fingerprint density at radius 3 is 2.12 bits per heavy atom. The van der Waals surface area contributed by atoms with Gasteiger partial charge >= 0.3 is 12.1 Å². The number of hydrogen-bond donors (Lipinski definition) is 0. The molecule has 4 atom stereocenters. The Morgan fingerprint density at radius 1 is 0.960 bits per heavy atom. The van der Waals surface area contributed by atoms with E-state index in [1.807, 2.05) is 28.6 Å². The van der Waals surface area contributed by atoms with Crippen molar-refractivity contribution in [2.75, 3.05) is 5.75 Å². The molecule has 0 amide bonds. The minimum absolute atomic E-state index is 0.0267. The van der Waals surface area contributed by atoms with Crippen molar-refractivity contribution in [1.82, 2.24) is 8.87 Å². The number of ether oxygens (including phenoxy) is 2. The normalized spacial score (nSPS) is 27.2. The highest BCUT2D eigenvalue weighted by molar-refractivity contribution is 7.89. The Kier molecular flexibility index (Phi) is 10.0. The second-order valence-corrected chi connectivity index (χ2v) is 19.4. The number of carbonyl (C=O) groups is 2. The number of rotatable bonds is 9. The van der Waals surface area contributed by atoms with Crippen LogP contribution in [0.2, 0.25) is 0 Å². The van der Waals surface area contributed by atoms with Crippen LogP contribution in [-0.2, 0) is 30.7 Å². The van der Waals surface area contributed by atoms with Crippen LogP contribution in [-0.4, -0.2) is 58.9 Å². The number of nitriles is 1. The zero-order chi connectivity index (χ0) is 36.1. The van der Waals surface area contributed by atoms with Gasteiger partial charge in [-0.25, -0.2) is 13.2 Å². The molecule has 0 aliphatic heterocycles. The standard InChI is InChI=1S/C40H57N3O6S/c1-37(2,3)49-36(45)42-25-28(32-19-13-14-20-33(32)42)24-39(6,26-41)35(44)48-34-23-29-21-22-40(34,38(29,4)5)27-50(46,47)43(30-15-9-7-10-16-30)31-17-11-8-12-18-31/h13-14,19-20,25,29-31,34H,7-12,15-18,21-24,27H2,1-6H3/t29-,34-,39-,40-/m1/s1. The summed E-state index contributed by atoms with van der Waals surface area (Å²) in [5.74, 6) is -0.440. The first-order valence-corrected chi connectivity index (χ1v) is 20.6. The number of nitrogens with zero attached hydrogens (tertiary/aromatic N) is 3. The zero-order valence-electron chi connectivity index (χ0n) is 31.0. The topological polar surface area (TPSA) is 119 Å². The van der Waals surface area contributed by atoms with Gasteiger partial charge in [-0.05, 0) is 95.6 Å². The van der Waals surface area contributed by atoms with Crippen molar-refractivity contribution in [1.29, 1.82) is 5.26 Å². The molecule has 10 heteroatoms. The molecule has 2 aromatic rings. The van der Waals surface area contributed by atoms with Crippen LogP contribution in [0.1, 0.15) is 131 Å². The second-order valence-electron chi connectivity index (χ2n) is 17.6. The molecule has 274 valence electrons. The first kappa shape index (κ1) is 36.9. The van der Waals surface area contributed by atoms with E-state index in [-0.39, 0.29) is 35.6 Å². The Morgan fingerprint density at radius 2 is 1.56 bits per heavy atom. The van der Waals surface area contributed by atoms with Crippen LogP contribution in [0.25, 0.3) is 10.9 Å². The van der Waals surface area contributed by atoms with E-state index in [1.54, 1.807) is 33.9 Å². The van der Waals surface area contributed by atoms with E-state index in [0.717, 1.165) is 76.0 Å². The van der Waals surface area contributed by atoms with Gasteiger partial charge in [-0.2, -0.15) is 9.57 Å². The van der Waals surface area contributed by atoms with Gasteiger partial charge in [0.15, 0.2) is 5.41 Å². The summed E-state index contributed by atoms with van der Waals surface area (Å²) in [5.41, 5.74) is -2.06. The largest absolute Gasteiger partial charge is 0.461 e. The van der Waals surface area contributed by atoms with Crippen molar-refractivity contribution in [3.05, 3.63) is 36.0 Å². The van der Waals surface area contributed by atoms with Crippen molar-refractivity contribution in [2.24, 2.45) is 22.2 Å². The summed E-state index contributed by atoms with van der Waals surface area (Å²) in [7, 11) is -3.69. The van der Waals surface area contributed by atoms with Gasteiger partial charge in [0.05, 0.1) is 17.3 Å². The average Bonchev–Trinajstić information content (AvgIpc) is 3.61. The summed E-state index contributed by atoms with van der Waals surface area (Å²) in [6.45, 7) is 11.3. The van der Waals surface area contributed by atoms with Crippen LogP contribution in [0.15, 0.2) is 30.5 Å². The fourth-order valence-corrected chi connectivity index (χ4v) is 12.8. The van der Waals surface area contributed by atoms with Crippen LogP contribution in [0, 0.1) is 33.5 Å². The number of aromatic nitrogens is 1. The van der Waals surface area contributed by atoms with Crippen molar-refractivity contribution >= 4 is 33.0 Å². The second kappa shape index (κ2) is 13.6. The van der Waals surface area contributed by atoms with Crippen molar-refractivity contribution < 1.29 is 27.5 Å². The maximum atomic E-state index is 14.8. The number of para-hydroxylation sites is 1. The summed E-state index contributed by atoms with van der Waals surface area (Å²) in [4.78, 5) is 27.4. The maximum Gasteiger partial charge on any atom is 0.419 e. The molecule has 0 saturated heterocycles. The lowest BCUT2D eigenvalue weighted by Crippen LogP contribution is -2.55. The molecule has 4 saturated carbocycles. The van der Waals surface area contributed by atoms with Crippen LogP contribution >= 0.6 is 0 Å². The number of carbonyl (C=O) groups excluding carboxylic acids is 2. The highest BCUT2D eigenvalue weighted by Gasteiger charge is 2.67. The van der Waals surface area contributed by atoms with E-state index in [4.69, 9.17) is 9.47 Å². The first-order chi connectivity index (χ1) is 23.5. The molecule has 0 spiro atoms. The molecule has 1 heterocycles. The van der Waals surface area contributed by atoms with Crippen molar-refractivity contribution in [3.8, 4) is 6.07 Å². The molecule has 0 radical (unpaired) electrons. The SMILES string of the molecule is CC(C)(C)OC(=O)n1cc(C[C@](C)(C#N)C(=O)O[C@@H]2C[C@H]3CC[C@]2(CS(=O)(=O)N(C2CCCCC2)C2CCCCC2)C3(C)C)c2ccccc21. The molecule has 0 unspecified atom stereocenters. The highest BCUT2D eigenvalue weighted by atomic mass is 32.2. The summed E-state index contributed by atoms with van der Waals surface area (Å²) in [6.07, 6.45) is 12.9. The lowest BCUT2D eigenvalue weighted by Gasteiger charge is -2.46. The fraction of sp³-hybridized carbons (Fsp3) is 0.725. The molecule has 4 aliphatic rings. The monoisotopic (exact) mass is 707 g/mol. The molecular formula is C40H57N3O6S. The van der Waals surface area contributed by atoms with Crippen molar-refractivity contribution in [3.63, 3.8) is 0 Å². The lowest BCUT2D eigenvalue weighted by molar-refractivity contribution is -0.165. The smallest absolute Gasteiger partial charge is 0.419 e. The van der Waals surface area contributed by atoms with Gasteiger partial charge in [-0.1, -0.05) is 70.6 Å². The van der Waals surface area contributed by atoms with Crippen LogP contribution in [0.5, 0.6) is 0 Å². The molecular weight excluding hydrogens is 651 g/mol. The quantitative estimate of drug-likeness (QED) is 0.240. The molecule has 1 aromatic carbocycles. The van der Waals surface area contributed by atoms with Crippen molar-refractivity contribution in [2.45, 2.75) is 155 Å². The number of benzene rings is 1. The maximum absolute atomic E-state index is 14.8. The molecule has 6 rings (SSSR count). The van der Waals surface area contributed by atoms with E-state index in [1.165, 1.54) is 4.57 Å². The van der Waals surface area contributed by atoms with Crippen LogP contribution in [0.4, 0.5) is 4.79 Å². The third kappa shape index (κ3) is 6.74. The molecule has 0 N–H and O–H groups in total.